The molecule has 0 N–H and O–H groups in total. The Morgan fingerprint density at radius 2 is 1.69 bits per heavy atom. The van der Waals surface area contributed by atoms with Crippen molar-refractivity contribution in [2.75, 3.05) is 20.3 Å². The zero-order chi connectivity index (χ0) is 28.6. The molecule has 0 unspecified atom stereocenters. The summed E-state index contributed by atoms with van der Waals surface area (Å²) in [4.78, 5) is 5.01. The Morgan fingerprint density at radius 1 is 1.00 bits per heavy atom. The predicted octanol–water partition coefficient (Wildman–Crippen LogP) is 4.69. The minimum atomic E-state index is -0.763. The van der Waals surface area contributed by atoms with Gasteiger partial charge in [0.2, 0.25) is 0 Å². The van der Waals surface area contributed by atoms with Crippen LogP contribution in [0.2, 0.25) is 5.04 Å². The fourth-order valence-corrected chi connectivity index (χ4v) is 5.21. The highest BCUT2D eigenvalue weighted by molar-refractivity contribution is 6.62. The van der Waals surface area contributed by atoms with Gasteiger partial charge in [0, 0.05) is 20.1 Å². The van der Waals surface area contributed by atoms with Gasteiger partial charge in [0.15, 0.2) is 15.6 Å². The maximum Gasteiger partial charge on any atom is 0.495 e. The summed E-state index contributed by atoms with van der Waals surface area (Å²) in [6, 6.07) is 10.1. The lowest BCUT2D eigenvalue weighted by Gasteiger charge is -2.32. The number of hydrogen-bond donors (Lipinski definition) is 0. The highest BCUT2D eigenvalue weighted by Crippen LogP contribution is 2.37. The zero-order valence-electron chi connectivity index (χ0n) is 25.3. The average molecular weight is 554 g/mol. The highest BCUT2D eigenvalue weighted by Gasteiger charge is 2.52. The molecule has 1 aliphatic heterocycles. The fraction of sp³-hybridized carbons (Fsp3) is 0.586. The van der Waals surface area contributed by atoms with Crippen molar-refractivity contribution in [1.29, 1.82) is 0 Å². The molecule has 1 saturated heterocycles. The van der Waals surface area contributed by atoms with E-state index in [0.717, 1.165) is 34.2 Å². The molecular weight excluding hydrogens is 509 g/mol. The summed E-state index contributed by atoms with van der Waals surface area (Å²) in [5.74, 6) is 1.45. The van der Waals surface area contributed by atoms with Gasteiger partial charge < -0.3 is 23.2 Å². The number of nitrogens with zero attached hydrogens (tertiary/aromatic N) is 3. The molecule has 39 heavy (non-hydrogen) atoms. The number of aromatic nitrogens is 3. The fourth-order valence-electron chi connectivity index (χ4n) is 4.27. The zero-order valence-corrected chi connectivity index (χ0v) is 26.7. The minimum Gasteiger partial charge on any atom is -0.493 e. The highest BCUT2D eigenvalue weighted by atomic mass is 28.2. The van der Waals surface area contributed by atoms with E-state index in [-0.39, 0.29) is 5.04 Å². The molecule has 4 rings (SSSR count). The van der Waals surface area contributed by atoms with Crippen LogP contribution in [0.5, 0.6) is 5.75 Å². The van der Waals surface area contributed by atoms with Crippen LogP contribution in [-0.2, 0) is 24.1 Å². The van der Waals surface area contributed by atoms with Crippen LogP contribution < -0.4 is 10.2 Å². The summed E-state index contributed by atoms with van der Waals surface area (Å²) in [6.45, 7) is 20.2. The second kappa shape index (κ2) is 11.0. The van der Waals surface area contributed by atoms with E-state index in [1.54, 1.807) is 7.11 Å². The minimum absolute atomic E-state index is 0.191. The molecular formula is C29H44BN3O5Si. The van der Waals surface area contributed by atoms with E-state index in [1.165, 1.54) is 0 Å². The van der Waals surface area contributed by atoms with Crippen LogP contribution in [0.15, 0.2) is 36.5 Å². The Kier molecular flexibility index (Phi) is 8.37. The van der Waals surface area contributed by atoms with Gasteiger partial charge >= 0.3 is 7.12 Å². The topological polar surface area (TPSA) is 76.9 Å². The lowest BCUT2D eigenvalue weighted by Crippen LogP contribution is -2.41. The van der Waals surface area contributed by atoms with Crippen LogP contribution in [0.25, 0.3) is 16.7 Å². The summed E-state index contributed by atoms with van der Waals surface area (Å²) in [5.41, 5.74) is 1.21. The molecule has 8 nitrogen and oxygen atoms in total. The van der Waals surface area contributed by atoms with Crippen LogP contribution in [0.4, 0.5) is 0 Å². The van der Waals surface area contributed by atoms with Gasteiger partial charge in [-0.1, -0.05) is 26.8 Å². The Balaban J connectivity index is 1.75. The molecule has 0 spiro atoms. The van der Waals surface area contributed by atoms with Crippen LogP contribution >= 0.6 is 0 Å². The summed E-state index contributed by atoms with van der Waals surface area (Å²) >= 11 is 0. The average Bonchev–Trinajstić information content (AvgIpc) is 3.37. The molecule has 2 aromatic heterocycles. The van der Waals surface area contributed by atoms with Crippen molar-refractivity contribution in [2.45, 2.75) is 90.6 Å². The maximum absolute atomic E-state index is 6.43. The van der Waals surface area contributed by atoms with Crippen molar-refractivity contribution < 1.29 is 23.2 Å². The lowest BCUT2D eigenvalue weighted by molar-refractivity contribution is 0.00578. The van der Waals surface area contributed by atoms with Crippen LogP contribution in [0.3, 0.4) is 0 Å². The second-order valence-electron chi connectivity index (χ2n) is 13.0. The molecule has 1 aliphatic rings. The summed E-state index contributed by atoms with van der Waals surface area (Å²) in [6.07, 6.45) is 2.61. The first-order chi connectivity index (χ1) is 18.1. The molecule has 3 aromatic rings. The van der Waals surface area contributed by atoms with Gasteiger partial charge in [-0.3, -0.25) is 0 Å². The number of benzene rings is 1. The number of fused-ring (bicyclic) bond motifs is 1. The van der Waals surface area contributed by atoms with E-state index in [2.05, 4.69) is 68.4 Å². The van der Waals surface area contributed by atoms with Gasteiger partial charge in [0.05, 0.1) is 46.2 Å². The van der Waals surface area contributed by atoms with E-state index in [9.17, 15) is 0 Å². The van der Waals surface area contributed by atoms with E-state index in [1.807, 2.05) is 35.1 Å². The molecule has 0 radical (unpaired) electrons. The number of ether oxygens (including phenoxy) is 2. The molecule has 0 amide bonds. The van der Waals surface area contributed by atoms with Gasteiger partial charge in [-0.15, -0.1) is 0 Å². The van der Waals surface area contributed by atoms with Gasteiger partial charge in [0.25, 0.3) is 0 Å². The third-order valence-electron chi connectivity index (χ3n) is 7.38. The van der Waals surface area contributed by atoms with Gasteiger partial charge in [-0.25, -0.2) is 9.67 Å². The number of hydrogen-bond acceptors (Lipinski definition) is 7. The maximum atomic E-state index is 6.43. The smallest absolute Gasteiger partial charge is 0.493 e. The quantitative estimate of drug-likeness (QED) is 0.266. The van der Waals surface area contributed by atoms with Crippen LogP contribution in [-0.4, -0.2) is 63.2 Å². The monoisotopic (exact) mass is 553 g/mol. The van der Waals surface area contributed by atoms with Crippen molar-refractivity contribution in [3.8, 4) is 11.6 Å². The van der Waals surface area contributed by atoms with Crippen molar-refractivity contribution in [2.24, 2.45) is 0 Å². The molecule has 0 saturated carbocycles. The van der Waals surface area contributed by atoms with E-state index in [4.69, 9.17) is 33.3 Å². The predicted molar refractivity (Wildman–Crippen MR) is 159 cm³/mol. The lowest BCUT2D eigenvalue weighted by atomic mass is 9.78. The summed E-state index contributed by atoms with van der Waals surface area (Å²) in [5, 5.41) is 5.83. The van der Waals surface area contributed by atoms with E-state index >= 15 is 0 Å². The third kappa shape index (κ3) is 6.57. The summed E-state index contributed by atoms with van der Waals surface area (Å²) in [7, 11) is 0.402. The van der Waals surface area contributed by atoms with Crippen molar-refractivity contribution in [3.05, 3.63) is 42.2 Å². The van der Waals surface area contributed by atoms with E-state index < -0.39 is 33.7 Å². The van der Waals surface area contributed by atoms with Crippen molar-refractivity contribution >= 4 is 33.2 Å². The SMILES string of the molecule is COCCCOc1cc(B2OC(C)(C)C(C)(C)O2)cc2c1cnn2-c1cccc(C(C)(C)O[SiH2]C(C)(C)C)n1. The molecule has 1 fully saturated rings. The number of pyridine rings is 1. The van der Waals surface area contributed by atoms with E-state index in [0.29, 0.717) is 19.0 Å². The van der Waals surface area contributed by atoms with Crippen LogP contribution in [0.1, 0.15) is 74.4 Å². The van der Waals surface area contributed by atoms with Crippen molar-refractivity contribution in [3.63, 3.8) is 0 Å². The number of rotatable bonds is 10. The second-order valence-corrected chi connectivity index (χ2v) is 15.7. The first-order valence-electron chi connectivity index (χ1n) is 13.7. The van der Waals surface area contributed by atoms with Gasteiger partial charge in [-0.05, 0) is 76.3 Å². The Labute approximate surface area is 235 Å². The molecule has 212 valence electrons. The van der Waals surface area contributed by atoms with Crippen LogP contribution in [0, 0.1) is 0 Å². The van der Waals surface area contributed by atoms with Gasteiger partial charge in [0.1, 0.15) is 5.75 Å². The molecule has 0 aliphatic carbocycles. The largest absolute Gasteiger partial charge is 0.495 e. The number of methoxy groups -OCH3 is 1. The molecule has 0 atom stereocenters. The molecule has 1 aromatic carbocycles. The first kappa shape index (κ1) is 29.7. The van der Waals surface area contributed by atoms with Crippen molar-refractivity contribution in [1.82, 2.24) is 14.8 Å². The Hall–Kier alpha value is -2.24. The standard InChI is InChI=1S/C29H44BN3O5Si/c1-26(2,3)39-38-27(4,5)24-13-11-14-25(32-24)33-22-17-20(30-36-28(6,7)29(8,9)37-30)18-23(21(22)19-31-33)35-16-12-15-34-10/h11,13-14,17-19H,12,15-16,39H2,1-10H3. The third-order valence-corrected chi connectivity index (χ3v) is 9.12. The van der Waals surface area contributed by atoms with Gasteiger partial charge in [-0.2, -0.15) is 5.10 Å². The Bertz CT molecular complexity index is 1290. The molecule has 0 bridgehead atoms. The summed E-state index contributed by atoms with van der Waals surface area (Å²) < 4.78 is 32.5. The normalized spacial score (nSPS) is 17.5. The molecule has 10 heteroatoms. The molecule has 3 heterocycles. The first-order valence-corrected chi connectivity index (χ1v) is 15.0. The Morgan fingerprint density at radius 3 is 2.33 bits per heavy atom.